The molecule has 1 aromatic carbocycles. The van der Waals surface area contributed by atoms with Crippen molar-refractivity contribution in [3.63, 3.8) is 0 Å². The van der Waals surface area contributed by atoms with Crippen LogP contribution in [-0.4, -0.2) is 24.0 Å². The van der Waals surface area contributed by atoms with Gasteiger partial charge in [-0.05, 0) is 18.6 Å². The summed E-state index contributed by atoms with van der Waals surface area (Å²) in [5, 5.41) is 0. The molecule has 0 saturated heterocycles. The number of amides is 1. The van der Waals surface area contributed by atoms with Gasteiger partial charge in [-0.15, -0.1) is 0 Å². The molecule has 104 valence electrons. The van der Waals surface area contributed by atoms with Crippen LogP contribution in [0, 0.1) is 0 Å². The number of fused-ring (bicyclic) bond motifs is 1. The number of carbonyl (C=O) groups is 1. The van der Waals surface area contributed by atoms with E-state index in [0.717, 1.165) is 27.8 Å². The largest absolute Gasteiger partial charge is 0.491 e. The summed E-state index contributed by atoms with van der Waals surface area (Å²) in [6.45, 7) is 4.21. The van der Waals surface area contributed by atoms with E-state index in [9.17, 15) is 4.79 Å². The van der Waals surface area contributed by atoms with Gasteiger partial charge < -0.3 is 15.4 Å². The molecule has 19 heavy (non-hydrogen) atoms. The molecule has 4 nitrogen and oxygen atoms in total. The molecule has 0 unspecified atom stereocenters. The summed E-state index contributed by atoms with van der Waals surface area (Å²) in [4.78, 5) is 13.9. The molecule has 0 atom stereocenters. The first-order valence-corrected chi connectivity index (χ1v) is 7.37. The van der Waals surface area contributed by atoms with Crippen molar-refractivity contribution in [2.75, 3.05) is 13.2 Å². The van der Waals surface area contributed by atoms with Crippen LogP contribution in [-0.2, 0) is 17.9 Å². The van der Waals surface area contributed by atoms with Gasteiger partial charge in [-0.25, -0.2) is 0 Å². The van der Waals surface area contributed by atoms with Gasteiger partial charge in [0.1, 0.15) is 12.4 Å². The molecule has 0 radical (unpaired) electrons. The Hall–Kier alpha value is -1.07. The standard InChI is InChI=1S/C14H19BrN2O2/c1-2-3-13(18)17-4-5-19-14-10(8-16)6-12(15)7-11(14)9-17/h6-7H,2-5,8-9,16H2,1H3. The number of hydrogen-bond donors (Lipinski definition) is 1. The van der Waals surface area contributed by atoms with Gasteiger partial charge in [-0.2, -0.15) is 0 Å². The van der Waals surface area contributed by atoms with Crippen LogP contribution in [0.15, 0.2) is 16.6 Å². The molecule has 0 aromatic heterocycles. The second-order valence-electron chi connectivity index (χ2n) is 4.67. The van der Waals surface area contributed by atoms with E-state index in [2.05, 4.69) is 15.9 Å². The van der Waals surface area contributed by atoms with E-state index in [1.165, 1.54) is 0 Å². The second kappa shape index (κ2) is 6.39. The summed E-state index contributed by atoms with van der Waals surface area (Å²) in [6.07, 6.45) is 1.46. The van der Waals surface area contributed by atoms with Gasteiger partial charge in [0.05, 0.1) is 6.54 Å². The highest BCUT2D eigenvalue weighted by atomic mass is 79.9. The summed E-state index contributed by atoms with van der Waals surface area (Å²) >= 11 is 3.48. The lowest BCUT2D eigenvalue weighted by Crippen LogP contribution is -2.32. The first-order chi connectivity index (χ1) is 9.15. The van der Waals surface area contributed by atoms with E-state index in [-0.39, 0.29) is 5.91 Å². The minimum absolute atomic E-state index is 0.188. The highest BCUT2D eigenvalue weighted by molar-refractivity contribution is 9.10. The van der Waals surface area contributed by atoms with Gasteiger partial charge in [0.2, 0.25) is 5.91 Å². The predicted molar refractivity (Wildman–Crippen MR) is 77.9 cm³/mol. The Morgan fingerprint density at radius 2 is 2.32 bits per heavy atom. The van der Waals surface area contributed by atoms with Crippen molar-refractivity contribution < 1.29 is 9.53 Å². The molecule has 0 aliphatic carbocycles. The minimum Gasteiger partial charge on any atom is -0.491 e. The van der Waals surface area contributed by atoms with Gasteiger partial charge in [0.25, 0.3) is 0 Å². The normalized spacial score (nSPS) is 14.6. The first kappa shape index (κ1) is 14.3. The van der Waals surface area contributed by atoms with E-state index < -0.39 is 0 Å². The smallest absolute Gasteiger partial charge is 0.222 e. The van der Waals surface area contributed by atoms with Crippen molar-refractivity contribution in [3.05, 3.63) is 27.7 Å². The molecule has 2 rings (SSSR count). The summed E-state index contributed by atoms with van der Waals surface area (Å²) in [6, 6.07) is 3.98. The lowest BCUT2D eigenvalue weighted by atomic mass is 10.1. The zero-order valence-corrected chi connectivity index (χ0v) is 12.7. The van der Waals surface area contributed by atoms with Crippen LogP contribution in [0.4, 0.5) is 0 Å². The average molecular weight is 327 g/mol. The summed E-state index contributed by atoms with van der Waals surface area (Å²) in [5.41, 5.74) is 7.76. The number of nitrogens with two attached hydrogens (primary N) is 1. The molecule has 5 heteroatoms. The quantitative estimate of drug-likeness (QED) is 0.928. The maximum Gasteiger partial charge on any atom is 0.222 e. The van der Waals surface area contributed by atoms with E-state index in [1.54, 1.807) is 0 Å². The number of ether oxygens (including phenoxy) is 1. The monoisotopic (exact) mass is 326 g/mol. The van der Waals surface area contributed by atoms with Crippen LogP contribution in [0.3, 0.4) is 0 Å². The molecule has 1 aromatic rings. The van der Waals surface area contributed by atoms with Crippen molar-refractivity contribution in [3.8, 4) is 5.75 Å². The topological polar surface area (TPSA) is 55.6 Å². The van der Waals surface area contributed by atoms with Crippen LogP contribution in [0.1, 0.15) is 30.9 Å². The van der Waals surface area contributed by atoms with Gasteiger partial charge in [0, 0.05) is 35.1 Å². The molecule has 1 heterocycles. The number of carbonyl (C=O) groups excluding carboxylic acids is 1. The van der Waals surface area contributed by atoms with Gasteiger partial charge in [-0.1, -0.05) is 22.9 Å². The van der Waals surface area contributed by atoms with E-state index in [1.807, 2.05) is 24.0 Å². The predicted octanol–water partition coefficient (Wildman–Crippen LogP) is 2.43. The Morgan fingerprint density at radius 1 is 1.53 bits per heavy atom. The Labute approximate surface area is 122 Å². The van der Waals surface area contributed by atoms with Crippen LogP contribution >= 0.6 is 15.9 Å². The Morgan fingerprint density at radius 3 is 3.00 bits per heavy atom. The molecule has 1 aliphatic rings. The van der Waals surface area contributed by atoms with Crippen molar-refractivity contribution in [2.24, 2.45) is 5.73 Å². The Balaban J connectivity index is 2.29. The van der Waals surface area contributed by atoms with Crippen LogP contribution in [0.25, 0.3) is 0 Å². The molecule has 1 amide bonds. The summed E-state index contributed by atoms with van der Waals surface area (Å²) < 4.78 is 6.76. The van der Waals surface area contributed by atoms with Crippen molar-refractivity contribution >= 4 is 21.8 Å². The van der Waals surface area contributed by atoms with Crippen LogP contribution < -0.4 is 10.5 Å². The fraction of sp³-hybridized carbons (Fsp3) is 0.500. The van der Waals surface area contributed by atoms with Crippen molar-refractivity contribution in [2.45, 2.75) is 32.9 Å². The van der Waals surface area contributed by atoms with E-state index in [4.69, 9.17) is 10.5 Å². The maximum absolute atomic E-state index is 12.0. The molecule has 0 spiro atoms. The summed E-state index contributed by atoms with van der Waals surface area (Å²) in [7, 11) is 0. The van der Waals surface area contributed by atoms with Gasteiger partial charge in [0.15, 0.2) is 0 Å². The lowest BCUT2D eigenvalue weighted by Gasteiger charge is -2.19. The third-order valence-electron chi connectivity index (χ3n) is 3.21. The molecule has 1 aliphatic heterocycles. The van der Waals surface area contributed by atoms with Crippen molar-refractivity contribution in [1.29, 1.82) is 0 Å². The average Bonchev–Trinajstić information content (AvgIpc) is 2.60. The van der Waals surface area contributed by atoms with E-state index >= 15 is 0 Å². The zero-order valence-electron chi connectivity index (χ0n) is 11.1. The lowest BCUT2D eigenvalue weighted by molar-refractivity contribution is -0.131. The van der Waals surface area contributed by atoms with Crippen molar-refractivity contribution in [1.82, 2.24) is 4.90 Å². The first-order valence-electron chi connectivity index (χ1n) is 6.57. The highest BCUT2D eigenvalue weighted by Gasteiger charge is 2.21. The number of rotatable bonds is 3. The van der Waals surface area contributed by atoms with Crippen LogP contribution in [0.5, 0.6) is 5.75 Å². The third-order valence-corrected chi connectivity index (χ3v) is 3.67. The van der Waals surface area contributed by atoms with Gasteiger partial charge in [-0.3, -0.25) is 4.79 Å². The SMILES string of the molecule is CCCC(=O)N1CCOc2c(CN)cc(Br)cc2C1. The number of halogens is 1. The minimum atomic E-state index is 0.188. The molecule has 2 N–H and O–H groups in total. The maximum atomic E-state index is 12.0. The molecular formula is C14H19BrN2O2. The fourth-order valence-electron chi connectivity index (χ4n) is 2.29. The zero-order chi connectivity index (χ0) is 13.8. The molecule has 0 fully saturated rings. The summed E-state index contributed by atoms with van der Waals surface area (Å²) in [5.74, 6) is 1.03. The number of hydrogen-bond acceptors (Lipinski definition) is 3. The van der Waals surface area contributed by atoms with Gasteiger partial charge >= 0.3 is 0 Å². The Bertz CT molecular complexity index is 477. The van der Waals surface area contributed by atoms with Crippen LogP contribution in [0.2, 0.25) is 0 Å². The fourth-order valence-corrected chi connectivity index (χ4v) is 2.85. The third kappa shape index (κ3) is 3.28. The Kier molecular flexibility index (Phi) is 4.82. The molecule has 0 saturated carbocycles. The number of benzene rings is 1. The number of nitrogens with zero attached hydrogens (tertiary/aromatic N) is 1. The molecular weight excluding hydrogens is 308 g/mol. The highest BCUT2D eigenvalue weighted by Crippen LogP contribution is 2.31. The van der Waals surface area contributed by atoms with E-state index in [0.29, 0.717) is 32.7 Å². The molecule has 0 bridgehead atoms. The second-order valence-corrected chi connectivity index (χ2v) is 5.59.